The second kappa shape index (κ2) is 10.5. The van der Waals surface area contributed by atoms with Crippen molar-refractivity contribution in [3.63, 3.8) is 0 Å². The monoisotopic (exact) mass is 445 g/mol. The van der Waals surface area contributed by atoms with E-state index >= 15 is 0 Å². The highest BCUT2D eigenvalue weighted by Gasteiger charge is 2.29. The number of methoxy groups -OCH3 is 1. The normalized spacial score (nSPS) is 12.5. The first kappa shape index (κ1) is 23.6. The number of unbranched alkanes of at least 4 members (excludes halogenated alkanes) is 1. The minimum atomic E-state index is -4.26. The van der Waals surface area contributed by atoms with Crippen LogP contribution >= 0.6 is 0 Å². The van der Waals surface area contributed by atoms with Crippen molar-refractivity contribution in [3.05, 3.63) is 71.4 Å². The first-order valence-corrected chi connectivity index (χ1v) is 10.6. The number of pyridine rings is 1. The van der Waals surface area contributed by atoms with Crippen molar-refractivity contribution < 1.29 is 27.4 Å². The van der Waals surface area contributed by atoms with Gasteiger partial charge in [0.2, 0.25) is 0 Å². The molecule has 2 aromatic carbocycles. The number of carbonyl (C=O) groups is 1. The van der Waals surface area contributed by atoms with Crippen LogP contribution in [-0.2, 0) is 4.74 Å². The van der Waals surface area contributed by atoms with Gasteiger partial charge >= 0.3 is 12.1 Å². The van der Waals surface area contributed by atoms with Gasteiger partial charge < -0.3 is 9.47 Å². The Balaban J connectivity index is 1.89. The van der Waals surface area contributed by atoms with Crippen LogP contribution in [0.4, 0.5) is 13.2 Å². The number of benzene rings is 2. The average Bonchev–Trinajstić information content (AvgIpc) is 2.78. The molecule has 0 aliphatic carbocycles. The van der Waals surface area contributed by atoms with Crippen molar-refractivity contribution in [3.8, 4) is 5.75 Å². The zero-order valence-electron chi connectivity index (χ0n) is 18.1. The van der Waals surface area contributed by atoms with E-state index in [1.165, 1.54) is 0 Å². The van der Waals surface area contributed by atoms with Crippen LogP contribution in [0.5, 0.6) is 5.75 Å². The number of halogens is 3. The summed E-state index contributed by atoms with van der Waals surface area (Å²) in [6, 6.07) is 13.8. The number of carbonyl (C=O) groups excluding carboxylic acids is 1. The molecule has 1 heterocycles. The van der Waals surface area contributed by atoms with E-state index in [2.05, 4.69) is 4.98 Å². The second-order valence-electron chi connectivity index (χ2n) is 7.65. The summed E-state index contributed by atoms with van der Waals surface area (Å²) >= 11 is 0. The predicted octanol–water partition coefficient (Wildman–Crippen LogP) is 6.67. The van der Waals surface area contributed by atoms with Crippen molar-refractivity contribution in [2.24, 2.45) is 0 Å². The number of esters is 1. The molecule has 32 heavy (non-hydrogen) atoms. The zero-order valence-corrected chi connectivity index (χ0v) is 18.1. The number of alkyl halides is 3. The molecule has 4 nitrogen and oxygen atoms in total. The third kappa shape index (κ3) is 6.22. The Kier molecular flexibility index (Phi) is 7.72. The summed E-state index contributed by atoms with van der Waals surface area (Å²) < 4.78 is 49.4. The molecule has 0 radical (unpaired) electrons. The maximum Gasteiger partial charge on any atom is 0.389 e. The lowest BCUT2D eigenvalue weighted by Crippen LogP contribution is -2.12. The molecule has 1 aromatic heterocycles. The summed E-state index contributed by atoms with van der Waals surface area (Å²) in [6.45, 7) is 2.35. The third-order valence-corrected chi connectivity index (χ3v) is 5.31. The van der Waals surface area contributed by atoms with Crippen molar-refractivity contribution in [1.29, 1.82) is 0 Å². The lowest BCUT2D eigenvalue weighted by atomic mass is 9.87. The number of hydrogen-bond acceptors (Lipinski definition) is 4. The molecule has 1 atom stereocenters. The third-order valence-electron chi connectivity index (χ3n) is 5.31. The minimum absolute atomic E-state index is 0.118. The van der Waals surface area contributed by atoms with Crippen LogP contribution in [0.15, 0.2) is 54.7 Å². The van der Waals surface area contributed by atoms with Gasteiger partial charge in [0.1, 0.15) is 5.75 Å². The number of fused-ring (bicyclic) bond motifs is 1. The van der Waals surface area contributed by atoms with Gasteiger partial charge in [-0.1, -0.05) is 25.5 Å². The van der Waals surface area contributed by atoms with E-state index in [0.29, 0.717) is 34.6 Å². The fraction of sp³-hybridized carbons (Fsp3) is 0.360. The highest BCUT2D eigenvalue weighted by Crippen LogP contribution is 2.35. The second-order valence-corrected chi connectivity index (χ2v) is 7.65. The van der Waals surface area contributed by atoms with Gasteiger partial charge in [-0.3, -0.25) is 4.98 Å². The molecule has 0 saturated heterocycles. The van der Waals surface area contributed by atoms with Crippen LogP contribution in [0.1, 0.15) is 60.0 Å². The summed E-state index contributed by atoms with van der Waals surface area (Å²) in [7, 11) is 1.56. The van der Waals surface area contributed by atoms with Crippen LogP contribution in [0.25, 0.3) is 10.9 Å². The Morgan fingerprint density at radius 3 is 2.47 bits per heavy atom. The predicted molar refractivity (Wildman–Crippen MR) is 117 cm³/mol. The van der Waals surface area contributed by atoms with E-state index in [9.17, 15) is 18.0 Å². The number of hydrogen-bond donors (Lipinski definition) is 0. The summed E-state index contributed by atoms with van der Waals surface area (Å²) in [5.41, 5.74) is 2.45. The van der Waals surface area contributed by atoms with Crippen LogP contribution in [0.3, 0.4) is 0 Å². The van der Waals surface area contributed by atoms with Crippen molar-refractivity contribution in [1.82, 2.24) is 4.98 Å². The average molecular weight is 445 g/mol. The van der Waals surface area contributed by atoms with Gasteiger partial charge in [0.05, 0.1) is 24.8 Å². The van der Waals surface area contributed by atoms with Gasteiger partial charge in [-0.2, -0.15) is 13.2 Å². The number of aromatic nitrogens is 1. The number of rotatable bonds is 9. The Hall–Kier alpha value is -3.09. The first-order chi connectivity index (χ1) is 15.3. The van der Waals surface area contributed by atoms with Gasteiger partial charge in [0, 0.05) is 30.0 Å². The molecular formula is C25H26F3NO3. The minimum Gasteiger partial charge on any atom is -0.497 e. The SMILES string of the molecule is CCCCOC(=O)c1ccc(C(CCC(F)(F)F)c2cnc3cc(OC)ccc3c2)cc1. The number of nitrogens with zero attached hydrogens (tertiary/aromatic N) is 1. The van der Waals surface area contributed by atoms with E-state index < -0.39 is 24.5 Å². The lowest BCUT2D eigenvalue weighted by molar-refractivity contribution is -0.135. The Morgan fingerprint density at radius 2 is 1.81 bits per heavy atom. The van der Waals surface area contributed by atoms with Crippen LogP contribution in [0, 0.1) is 0 Å². The van der Waals surface area contributed by atoms with E-state index in [1.807, 2.05) is 19.1 Å². The zero-order chi connectivity index (χ0) is 23.1. The molecule has 0 bridgehead atoms. The van der Waals surface area contributed by atoms with Gasteiger partial charge in [-0.25, -0.2) is 4.79 Å². The molecule has 170 valence electrons. The Bertz CT molecular complexity index is 1050. The maximum absolute atomic E-state index is 13.0. The molecule has 3 aromatic rings. The Morgan fingerprint density at radius 1 is 1.06 bits per heavy atom. The molecule has 0 aliphatic rings. The van der Waals surface area contributed by atoms with Gasteiger partial charge in [0.25, 0.3) is 0 Å². The molecule has 0 spiro atoms. The molecule has 0 N–H and O–H groups in total. The van der Waals surface area contributed by atoms with Crippen molar-refractivity contribution in [2.75, 3.05) is 13.7 Å². The molecule has 3 rings (SSSR count). The highest BCUT2D eigenvalue weighted by atomic mass is 19.4. The van der Waals surface area contributed by atoms with Crippen LogP contribution < -0.4 is 4.74 Å². The van der Waals surface area contributed by atoms with Gasteiger partial charge in [-0.05, 0) is 54.3 Å². The molecule has 7 heteroatoms. The molecule has 0 fully saturated rings. The van der Waals surface area contributed by atoms with E-state index in [-0.39, 0.29) is 6.42 Å². The standard InChI is InChI=1S/C25H26F3NO3/c1-3-4-13-32-24(30)18-7-5-17(6-8-18)22(11-12-25(26,27)28)20-14-19-9-10-21(31-2)15-23(19)29-16-20/h5-10,14-16,22H,3-4,11-13H2,1-2H3. The van der Waals surface area contributed by atoms with Gasteiger partial charge in [-0.15, -0.1) is 0 Å². The van der Waals surface area contributed by atoms with E-state index in [0.717, 1.165) is 18.2 Å². The van der Waals surface area contributed by atoms with Gasteiger partial charge in [0.15, 0.2) is 0 Å². The van der Waals surface area contributed by atoms with Crippen molar-refractivity contribution in [2.45, 2.75) is 44.7 Å². The summed E-state index contributed by atoms with van der Waals surface area (Å²) in [5.74, 6) is -0.285. The first-order valence-electron chi connectivity index (χ1n) is 10.6. The molecule has 0 saturated carbocycles. The Labute approximate surface area is 185 Å². The highest BCUT2D eigenvalue weighted by molar-refractivity contribution is 5.89. The van der Waals surface area contributed by atoms with E-state index in [4.69, 9.17) is 9.47 Å². The topological polar surface area (TPSA) is 48.4 Å². The van der Waals surface area contributed by atoms with Crippen molar-refractivity contribution >= 4 is 16.9 Å². The molecular weight excluding hydrogens is 419 g/mol. The maximum atomic E-state index is 13.0. The fourth-order valence-corrected chi connectivity index (χ4v) is 3.51. The molecule has 1 unspecified atom stereocenters. The lowest BCUT2D eigenvalue weighted by Gasteiger charge is -2.19. The fourth-order valence-electron chi connectivity index (χ4n) is 3.51. The summed E-state index contributed by atoms with van der Waals surface area (Å²) in [4.78, 5) is 16.6. The summed E-state index contributed by atoms with van der Waals surface area (Å²) in [5, 5.41) is 0.816. The largest absolute Gasteiger partial charge is 0.497 e. The molecule has 0 amide bonds. The smallest absolute Gasteiger partial charge is 0.389 e. The van der Waals surface area contributed by atoms with E-state index in [1.54, 1.807) is 49.7 Å². The van der Waals surface area contributed by atoms with Crippen LogP contribution in [-0.4, -0.2) is 30.8 Å². The molecule has 0 aliphatic heterocycles. The quantitative estimate of drug-likeness (QED) is 0.272. The van der Waals surface area contributed by atoms with Crippen LogP contribution in [0.2, 0.25) is 0 Å². The summed E-state index contributed by atoms with van der Waals surface area (Å²) in [6.07, 6.45) is -2.00. The number of ether oxygens (including phenoxy) is 2.